The fourth-order valence-corrected chi connectivity index (χ4v) is 8.85. The molecular formula is C62H46. The molecule has 10 aromatic carbocycles. The molecule has 0 aliphatic carbocycles. The molecule has 10 rings (SSSR count). The summed E-state index contributed by atoms with van der Waals surface area (Å²) in [5.41, 5.74) is 24.2. The Labute approximate surface area is 366 Å². The van der Waals surface area contributed by atoms with E-state index >= 15 is 0 Å². The van der Waals surface area contributed by atoms with Gasteiger partial charge in [0.1, 0.15) is 0 Å². The van der Waals surface area contributed by atoms with Crippen molar-refractivity contribution in [1.29, 1.82) is 0 Å². The molecule has 0 spiro atoms. The van der Waals surface area contributed by atoms with Crippen LogP contribution in [0.25, 0.3) is 100 Å². The van der Waals surface area contributed by atoms with Crippen molar-refractivity contribution in [3.05, 3.63) is 254 Å². The van der Waals surface area contributed by atoms with Crippen molar-refractivity contribution in [2.45, 2.75) is 13.8 Å². The molecule has 0 fully saturated rings. The predicted octanol–water partition coefficient (Wildman–Crippen LogP) is 17.3. The summed E-state index contributed by atoms with van der Waals surface area (Å²) in [5, 5.41) is 0. The fourth-order valence-electron chi connectivity index (χ4n) is 8.85. The van der Waals surface area contributed by atoms with Crippen LogP contribution in [0.5, 0.6) is 0 Å². The second-order valence-electron chi connectivity index (χ2n) is 16.2. The third kappa shape index (κ3) is 7.83. The Morgan fingerprint density at radius 1 is 0.161 bits per heavy atom. The topological polar surface area (TPSA) is 0 Å². The van der Waals surface area contributed by atoms with E-state index in [2.05, 4.69) is 257 Å². The van der Waals surface area contributed by atoms with Crippen LogP contribution in [-0.2, 0) is 0 Å². The molecule has 0 bridgehead atoms. The molecular weight excluding hydrogens is 745 g/mol. The zero-order valence-electron chi connectivity index (χ0n) is 35.1. The average molecular weight is 791 g/mol. The van der Waals surface area contributed by atoms with Gasteiger partial charge in [-0.2, -0.15) is 0 Å². The normalized spacial score (nSPS) is 11.1. The van der Waals surface area contributed by atoms with Crippen molar-refractivity contribution >= 4 is 0 Å². The molecule has 0 nitrogen and oxygen atoms in total. The molecule has 0 N–H and O–H groups in total. The van der Waals surface area contributed by atoms with E-state index in [1.807, 2.05) is 0 Å². The highest BCUT2D eigenvalue weighted by molar-refractivity contribution is 5.97. The van der Waals surface area contributed by atoms with Gasteiger partial charge in [0, 0.05) is 0 Å². The summed E-state index contributed by atoms with van der Waals surface area (Å²) in [4.78, 5) is 0. The molecule has 0 saturated carbocycles. The lowest BCUT2D eigenvalue weighted by Crippen LogP contribution is -1.96. The summed E-state index contributed by atoms with van der Waals surface area (Å²) in [7, 11) is 0. The predicted molar refractivity (Wildman–Crippen MR) is 265 cm³/mol. The van der Waals surface area contributed by atoms with E-state index in [4.69, 9.17) is 0 Å². The molecule has 0 aliphatic heterocycles. The lowest BCUT2D eigenvalue weighted by atomic mass is 9.82. The molecule has 62 heavy (non-hydrogen) atoms. The minimum atomic E-state index is 1.19. The van der Waals surface area contributed by atoms with Crippen LogP contribution in [0.3, 0.4) is 0 Å². The number of rotatable bonds is 9. The Morgan fingerprint density at radius 2 is 0.355 bits per heavy atom. The number of hydrogen-bond acceptors (Lipinski definition) is 0. The van der Waals surface area contributed by atoms with Gasteiger partial charge in [-0.05, 0) is 137 Å². The highest BCUT2D eigenvalue weighted by Crippen LogP contribution is 2.45. The maximum absolute atomic E-state index is 2.45. The van der Waals surface area contributed by atoms with Crippen LogP contribution in [0.2, 0.25) is 0 Å². The van der Waals surface area contributed by atoms with E-state index in [1.54, 1.807) is 0 Å². The standard InChI is InChI=1S/C62H46/c1-43-39-59(55-35-27-51(28-36-55)47-19-11-5-12-20-47)61(41-57(43)53-31-23-49(24-32-53)45-15-7-3-8-16-45)62-42-58(54-33-25-50(26-34-54)46-17-9-4-10-18-46)44(2)40-60(62)56-37-29-52(30-38-56)48-21-13-6-14-22-48/h3-42H,1-2H3. The highest BCUT2D eigenvalue weighted by Gasteiger charge is 2.20. The van der Waals surface area contributed by atoms with Crippen LogP contribution in [0.4, 0.5) is 0 Å². The van der Waals surface area contributed by atoms with Crippen molar-refractivity contribution in [2.75, 3.05) is 0 Å². The van der Waals surface area contributed by atoms with Crippen molar-refractivity contribution in [2.24, 2.45) is 0 Å². The smallest absolute Gasteiger partial charge is 0.00926 e. The van der Waals surface area contributed by atoms with Gasteiger partial charge in [-0.15, -0.1) is 0 Å². The van der Waals surface area contributed by atoms with E-state index in [9.17, 15) is 0 Å². The molecule has 0 aromatic heterocycles. The summed E-state index contributed by atoms with van der Waals surface area (Å²) in [6.07, 6.45) is 0. The van der Waals surface area contributed by atoms with Crippen molar-refractivity contribution < 1.29 is 0 Å². The number of hydrogen-bond donors (Lipinski definition) is 0. The SMILES string of the molecule is Cc1cc(-c2ccc(-c3ccccc3)cc2)c(-c2cc(-c3ccc(-c4ccccc4)cc3)c(C)cc2-c2ccc(-c3ccccc3)cc2)cc1-c1ccc(-c2ccccc2)cc1. The van der Waals surface area contributed by atoms with Crippen molar-refractivity contribution in [3.63, 3.8) is 0 Å². The van der Waals surface area contributed by atoms with E-state index in [-0.39, 0.29) is 0 Å². The quantitative estimate of drug-likeness (QED) is 0.137. The highest BCUT2D eigenvalue weighted by atomic mass is 14.2. The Balaban J connectivity index is 1.17. The van der Waals surface area contributed by atoms with Gasteiger partial charge >= 0.3 is 0 Å². The Kier molecular flexibility index (Phi) is 10.6. The van der Waals surface area contributed by atoms with Crippen LogP contribution in [-0.4, -0.2) is 0 Å². The third-order valence-corrected chi connectivity index (χ3v) is 12.2. The summed E-state index contributed by atoms with van der Waals surface area (Å²) in [5.74, 6) is 0. The van der Waals surface area contributed by atoms with E-state index in [0.29, 0.717) is 0 Å². The maximum Gasteiger partial charge on any atom is -0.00926 e. The Morgan fingerprint density at radius 3 is 0.597 bits per heavy atom. The Hall–Kier alpha value is -7.80. The first-order chi connectivity index (χ1) is 30.6. The molecule has 0 heterocycles. The van der Waals surface area contributed by atoms with Gasteiger partial charge in [0.2, 0.25) is 0 Å². The van der Waals surface area contributed by atoms with Crippen molar-refractivity contribution in [1.82, 2.24) is 0 Å². The minimum absolute atomic E-state index is 1.19. The Bertz CT molecular complexity index is 2870. The van der Waals surface area contributed by atoms with Crippen LogP contribution < -0.4 is 0 Å². The molecule has 294 valence electrons. The zero-order valence-corrected chi connectivity index (χ0v) is 35.1. The summed E-state index contributed by atoms with van der Waals surface area (Å²) in [6, 6.07) is 88.6. The number of benzene rings is 10. The minimum Gasteiger partial charge on any atom is -0.0622 e. The molecule has 0 atom stereocenters. The molecule has 0 aliphatic rings. The van der Waals surface area contributed by atoms with Gasteiger partial charge in [0.15, 0.2) is 0 Å². The van der Waals surface area contributed by atoms with Gasteiger partial charge in [-0.1, -0.05) is 231 Å². The largest absolute Gasteiger partial charge is 0.0622 e. The molecule has 0 amide bonds. The van der Waals surface area contributed by atoms with Gasteiger partial charge in [0.05, 0.1) is 0 Å². The maximum atomic E-state index is 2.45. The van der Waals surface area contributed by atoms with Gasteiger partial charge in [0.25, 0.3) is 0 Å². The molecule has 0 unspecified atom stereocenters. The first-order valence-corrected chi connectivity index (χ1v) is 21.5. The first kappa shape index (κ1) is 38.4. The van der Waals surface area contributed by atoms with Gasteiger partial charge in [-0.25, -0.2) is 0 Å². The van der Waals surface area contributed by atoms with E-state index in [0.717, 1.165) is 0 Å². The van der Waals surface area contributed by atoms with Crippen molar-refractivity contribution in [3.8, 4) is 100 Å². The molecule has 0 saturated heterocycles. The van der Waals surface area contributed by atoms with Crippen LogP contribution in [0, 0.1) is 13.8 Å². The second kappa shape index (κ2) is 17.1. The monoisotopic (exact) mass is 790 g/mol. The first-order valence-electron chi connectivity index (χ1n) is 21.5. The molecule has 0 radical (unpaired) electrons. The summed E-state index contributed by atoms with van der Waals surface area (Å²) < 4.78 is 0. The third-order valence-electron chi connectivity index (χ3n) is 12.2. The van der Waals surface area contributed by atoms with Gasteiger partial charge < -0.3 is 0 Å². The van der Waals surface area contributed by atoms with Crippen LogP contribution in [0.15, 0.2) is 243 Å². The van der Waals surface area contributed by atoms with Gasteiger partial charge in [-0.3, -0.25) is 0 Å². The lowest BCUT2D eigenvalue weighted by Gasteiger charge is -2.21. The second-order valence-corrected chi connectivity index (χ2v) is 16.2. The zero-order chi connectivity index (χ0) is 41.8. The fraction of sp³-hybridized carbons (Fsp3) is 0.0323. The molecule has 0 heteroatoms. The number of aryl methyl sites for hydroxylation is 2. The van der Waals surface area contributed by atoms with E-state index in [1.165, 1.54) is 111 Å². The van der Waals surface area contributed by atoms with Crippen LogP contribution in [0.1, 0.15) is 11.1 Å². The average Bonchev–Trinajstić information content (AvgIpc) is 3.35. The summed E-state index contributed by atoms with van der Waals surface area (Å²) in [6.45, 7) is 4.51. The van der Waals surface area contributed by atoms with Crippen LogP contribution >= 0.6 is 0 Å². The lowest BCUT2D eigenvalue weighted by molar-refractivity contribution is 1.42. The van der Waals surface area contributed by atoms with E-state index < -0.39 is 0 Å². The summed E-state index contributed by atoms with van der Waals surface area (Å²) >= 11 is 0. The molecule has 10 aromatic rings.